The van der Waals surface area contributed by atoms with Gasteiger partial charge in [-0.3, -0.25) is 4.79 Å². The number of hydrogen-bond acceptors (Lipinski definition) is 3. The lowest BCUT2D eigenvalue weighted by atomic mass is 10.1. The quantitative estimate of drug-likeness (QED) is 0.852. The molecule has 0 spiro atoms. The van der Waals surface area contributed by atoms with Crippen LogP contribution in [0.15, 0.2) is 24.5 Å². The van der Waals surface area contributed by atoms with Gasteiger partial charge in [0.05, 0.1) is 10.6 Å². The Morgan fingerprint density at radius 1 is 1.21 bits per heavy atom. The topological polar surface area (TPSA) is 54.9 Å². The summed E-state index contributed by atoms with van der Waals surface area (Å²) in [6, 6.07) is 5.12. The van der Waals surface area contributed by atoms with E-state index in [1.54, 1.807) is 18.2 Å². The Hall–Kier alpha value is -1.36. The van der Waals surface area contributed by atoms with Crippen molar-refractivity contribution in [3.63, 3.8) is 0 Å². The molecular weight excluding hydrogens is 309 g/mol. The van der Waals surface area contributed by atoms with Gasteiger partial charge in [-0.2, -0.15) is 0 Å². The van der Waals surface area contributed by atoms with E-state index < -0.39 is 5.91 Å². The Kier molecular flexibility index (Phi) is 4.24. The van der Waals surface area contributed by atoms with E-state index in [1.165, 1.54) is 6.33 Å². The molecule has 1 N–H and O–H groups in total. The smallest absolute Gasteiger partial charge is 0.258 e. The number of amides is 1. The van der Waals surface area contributed by atoms with E-state index in [1.807, 2.05) is 6.92 Å². The molecule has 1 aromatic heterocycles. The third-order valence-corrected chi connectivity index (χ3v) is 3.40. The number of nitrogens with one attached hydrogen (secondary N) is 1. The fourth-order valence-corrected chi connectivity index (χ4v) is 2.01. The molecule has 0 radical (unpaired) electrons. The number of aromatic nitrogens is 2. The van der Waals surface area contributed by atoms with Gasteiger partial charge in [0, 0.05) is 0 Å². The first-order valence-corrected chi connectivity index (χ1v) is 6.36. The van der Waals surface area contributed by atoms with Crippen LogP contribution in [0.5, 0.6) is 0 Å². The minimum Gasteiger partial charge on any atom is -0.305 e. The zero-order valence-electron chi connectivity index (χ0n) is 9.75. The fourth-order valence-electron chi connectivity index (χ4n) is 1.41. The molecular formula is C12H8Cl3N3O. The van der Waals surface area contributed by atoms with Gasteiger partial charge in [0.15, 0.2) is 11.0 Å². The van der Waals surface area contributed by atoms with E-state index >= 15 is 0 Å². The Balaban J connectivity index is 2.28. The van der Waals surface area contributed by atoms with Crippen LogP contribution >= 0.6 is 34.8 Å². The number of halogens is 3. The van der Waals surface area contributed by atoms with Crippen molar-refractivity contribution in [2.75, 3.05) is 5.32 Å². The van der Waals surface area contributed by atoms with E-state index in [0.717, 1.165) is 5.56 Å². The maximum atomic E-state index is 12.1. The van der Waals surface area contributed by atoms with Gasteiger partial charge < -0.3 is 5.32 Å². The number of rotatable bonds is 2. The summed E-state index contributed by atoms with van der Waals surface area (Å²) in [4.78, 5) is 19.6. The first kappa shape index (κ1) is 14.1. The fraction of sp³-hybridized carbons (Fsp3) is 0.0833. The highest BCUT2D eigenvalue weighted by Gasteiger charge is 2.14. The zero-order chi connectivity index (χ0) is 14.0. The highest BCUT2D eigenvalue weighted by Crippen LogP contribution is 2.26. The molecule has 1 amide bonds. The van der Waals surface area contributed by atoms with E-state index in [9.17, 15) is 4.79 Å². The minimum atomic E-state index is -0.415. The maximum absolute atomic E-state index is 12.1. The van der Waals surface area contributed by atoms with Gasteiger partial charge in [0.25, 0.3) is 5.91 Å². The molecule has 98 valence electrons. The molecule has 0 fully saturated rings. The number of carbonyl (C=O) groups excluding carboxylic acids is 1. The monoisotopic (exact) mass is 315 g/mol. The van der Waals surface area contributed by atoms with E-state index in [-0.39, 0.29) is 16.0 Å². The number of benzene rings is 1. The molecule has 0 saturated heterocycles. The van der Waals surface area contributed by atoms with Gasteiger partial charge in [-0.25, -0.2) is 9.97 Å². The van der Waals surface area contributed by atoms with E-state index in [0.29, 0.717) is 10.6 Å². The zero-order valence-corrected chi connectivity index (χ0v) is 12.0. The Labute approximate surface area is 124 Å². The first-order valence-electron chi connectivity index (χ1n) is 5.22. The highest BCUT2D eigenvalue weighted by atomic mass is 35.5. The van der Waals surface area contributed by atoms with Gasteiger partial charge in [0.1, 0.15) is 11.3 Å². The summed E-state index contributed by atoms with van der Waals surface area (Å²) < 4.78 is 0. The van der Waals surface area contributed by atoms with Crippen molar-refractivity contribution in [2.45, 2.75) is 6.92 Å². The van der Waals surface area contributed by atoms with Crippen LogP contribution in [-0.4, -0.2) is 15.9 Å². The molecule has 0 aliphatic carbocycles. The van der Waals surface area contributed by atoms with Gasteiger partial charge in [-0.05, 0) is 24.6 Å². The second-order valence-corrected chi connectivity index (χ2v) is 4.91. The Morgan fingerprint density at radius 3 is 2.63 bits per heavy atom. The van der Waals surface area contributed by atoms with Crippen molar-refractivity contribution in [1.82, 2.24) is 9.97 Å². The second-order valence-electron chi connectivity index (χ2n) is 3.76. The van der Waals surface area contributed by atoms with E-state index in [4.69, 9.17) is 34.8 Å². The predicted molar refractivity (Wildman–Crippen MR) is 76.2 cm³/mol. The van der Waals surface area contributed by atoms with Crippen molar-refractivity contribution in [3.05, 3.63) is 50.9 Å². The molecule has 0 unspecified atom stereocenters. The van der Waals surface area contributed by atoms with E-state index in [2.05, 4.69) is 15.3 Å². The first-order chi connectivity index (χ1) is 8.99. The van der Waals surface area contributed by atoms with Crippen molar-refractivity contribution in [1.29, 1.82) is 0 Å². The number of nitrogens with zero attached hydrogens (tertiary/aromatic N) is 2. The number of anilines is 1. The number of hydrogen-bond donors (Lipinski definition) is 1. The summed E-state index contributed by atoms with van der Waals surface area (Å²) in [7, 11) is 0. The molecule has 0 aliphatic rings. The van der Waals surface area contributed by atoms with Crippen LogP contribution in [0, 0.1) is 6.92 Å². The summed E-state index contributed by atoms with van der Waals surface area (Å²) >= 11 is 17.6. The van der Waals surface area contributed by atoms with Crippen LogP contribution in [0.1, 0.15) is 15.9 Å². The maximum Gasteiger partial charge on any atom is 0.258 e. The standard InChI is InChI=1S/C12H8Cl3N3O/c1-6-2-3-7(8(13)4-6)12(19)18-11-9(14)10(15)16-5-17-11/h2-5H,1H3,(H,16,17,18,19). The van der Waals surface area contributed by atoms with Gasteiger partial charge in [-0.1, -0.05) is 40.9 Å². The van der Waals surface area contributed by atoms with Crippen LogP contribution in [0.2, 0.25) is 15.2 Å². The van der Waals surface area contributed by atoms with Crippen molar-refractivity contribution in [2.24, 2.45) is 0 Å². The molecule has 0 saturated carbocycles. The van der Waals surface area contributed by atoms with Crippen LogP contribution in [-0.2, 0) is 0 Å². The van der Waals surface area contributed by atoms with Gasteiger partial charge in [-0.15, -0.1) is 0 Å². The third kappa shape index (κ3) is 3.15. The number of aryl methyl sites for hydroxylation is 1. The summed E-state index contributed by atoms with van der Waals surface area (Å²) in [5.41, 5.74) is 1.29. The number of carbonyl (C=O) groups is 1. The van der Waals surface area contributed by atoms with Crippen LogP contribution in [0.3, 0.4) is 0 Å². The lowest BCUT2D eigenvalue weighted by Crippen LogP contribution is -2.14. The molecule has 19 heavy (non-hydrogen) atoms. The largest absolute Gasteiger partial charge is 0.305 e. The SMILES string of the molecule is Cc1ccc(C(=O)Nc2ncnc(Cl)c2Cl)c(Cl)c1. The molecule has 2 aromatic rings. The summed E-state index contributed by atoms with van der Waals surface area (Å²) in [6.45, 7) is 1.88. The average molecular weight is 317 g/mol. The summed E-state index contributed by atoms with van der Waals surface area (Å²) in [6.07, 6.45) is 1.21. The van der Waals surface area contributed by atoms with Crippen LogP contribution in [0.4, 0.5) is 5.82 Å². The molecule has 0 bridgehead atoms. The summed E-state index contributed by atoms with van der Waals surface area (Å²) in [5, 5.41) is 3.05. The molecule has 7 heteroatoms. The highest BCUT2D eigenvalue weighted by molar-refractivity contribution is 6.43. The summed E-state index contributed by atoms with van der Waals surface area (Å²) in [5.74, 6) is -0.273. The molecule has 0 atom stereocenters. The average Bonchev–Trinajstić information content (AvgIpc) is 2.34. The lowest BCUT2D eigenvalue weighted by Gasteiger charge is -2.08. The van der Waals surface area contributed by atoms with Crippen LogP contribution in [0.25, 0.3) is 0 Å². The molecule has 1 heterocycles. The Morgan fingerprint density at radius 2 is 1.95 bits per heavy atom. The third-order valence-electron chi connectivity index (χ3n) is 2.35. The lowest BCUT2D eigenvalue weighted by molar-refractivity contribution is 0.102. The second kappa shape index (κ2) is 5.74. The predicted octanol–water partition coefficient (Wildman–Crippen LogP) is 4.00. The molecule has 2 rings (SSSR count). The van der Waals surface area contributed by atoms with Gasteiger partial charge >= 0.3 is 0 Å². The van der Waals surface area contributed by atoms with Crippen LogP contribution < -0.4 is 5.32 Å². The minimum absolute atomic E-state index is 0.0713. The normalized spacial score (nSPS) is 10.3. The Bertz CT molecular complexity index is 646. The molecule has 4 nitrogen and oxygen atoms in total. The van der Waals surface area contributed by atoms with Crippen molar-refractivity contribution >= 4 is 46.5 Å². The van der Waals surface area contributed by atoms with Crippen molar-refractivity contribution in [3.8, 4) is 0 Å². The van der Waals surface area contributed by atoms with Gasteiger partial charge in [0.2, 0.25) is 0 Å². The van der Waals surface area contributed by atoms with Crippen molar-refractivity contribution < 1.29 is 4.79 Å². The molecule has 1 aromatic carbocycles. The molecule has 0 aliphatic heterocycles.